The Hall–Kier alpha value is -0.790. The first kappa shape index (κ1) is 30.2. The van der Waals surface area contributed by atoms with Gasteiger partial charge < -0.3 is 4.74 Å². The minimum absolute atomic E-state index is 0.0522. The molecular formula is C36H62O2. The van der Waals surface area contributed by atoms with Crippen molar-refractivity contribution in [3.8, 4) is 0 Å². The highest BCUT2D eigenvalue weighted by molar-refractivity contribution is 5.69. The van der Waals surface area contributed by atoms with Crippen molar-refractivity contribution < 1.29 is 9.53 Å². The first-order valence-electron chi connectivity index (χ1n) is 17.1. The van der Waals surface area contributed by atoms with Crippen molar-refractivity contribution in [1.82, 2.24) is 0 Å². The number of allylic oxidation sites excluding steroid dienone is 1. The van der Waals surface area contributed by atoms with E-state index in [2.05, 4.69) is 47.6 Å². The molecule has 3 fully saturated rings. The van der Waals surface area contributed by atoms with E-state index in [9.17, 15) is 4.79 Å². The number of hydrogen-bond acceptors (Lipinski definition) is 2. The molecule has 2 nitrogen and oxygen atoms in total. The smallest absolute Gasteiger partial charge is 0.306 e. The summed E-state index contributed by atoms with van der Waals surface area (Å²) in [5, 5.41) is 0. The van der Waals surface area contributed by atoms with Gasteiger partial charge in [-0.1, -0.05) is 105 Å². The van der Waals surface area contributed by atoms with E-state index in [1.165, 1.54) is 89.9 Å². The Balaban J connectivity index is 1.31. The Morgan fingerprint density at radius 2 is 1.68 bits per heavy atom. The summed E-state index contributed by atoms with van der Waals surface area (Å²) in [5.74, 6) is 5.34. The zero-order valence-electron chi connectivity index (χ0n) is 26.2. The lowest BCUT2D eigenvalue weighted by atomic mass is 9.47. The van der Waals surface area contributed by atoms with Crippen LogP contribution in [-0.4, -0.2) is 12.1 Å². The van der Waals surface area contributed by atoms with Crippen molar-refractivity contribution in [1.29, 1.82) is 0 Å². The molecule has 218 valence electrons. The van der Waals surface area contributed by atoms with Crippen LogP contribution in [0.5, 0.6) is 0 Å². The maximum absolute atomic E-state index is 12.6. The normalized spacial score (nSPS) is 37.2. The van der Waals surface area contributed by atoms with Crippen LogP contribution < -0.4 is 0 Å². The SMILES string of the molecule is CCCCCCCCC(=O)O[C@H]1CC[C@@]2(C)C(=CC[C@@H]3C2CC[C@@]2(C)C3CC[C@@H]2C(C)CCCC(C)C)C1. The molecule has 4 aliphatic carbocycles. The van der Waals surface area contributed by atoms with Crippen molar-refractivity contribution in [3.05, 3.63) is 11.6 Å². The van der Waals surface area contributed by atoms with E-state index in [1.54, 1.807) is 5.57 Å². The molecule has 0 amide bonds. The summed E-state index contributed by atoms with van der Waals surface area (Å²) in [5.41, 5.74) is 2.54. The molecule has 38 heavy (non-hydrogen) atoms. The largest absolute Gasteiger partial charge is 0.462 e. The van der Waals surface area contributed by atoms with Gasteiger partial charge in [-0.05, 0) is 97.7 Å². The summed E-state index contributed by atoms with van der Waals surface area (Å²) < 4.78 is 6.04. The van der Waals surface area contributed by atoms with Crippen LogP contribution in [0.4, 0.5) is 0 Å². The highest BCUT2D eigenvalue weighted by Gasteiger charge is 2.59. The van der Waals surface area contributed by atoms with Gasteiger partial charge in [0.05, 0.1) is 0 Å². The van der Waals surface area contributed by atoms with E-state index in [4.69, 9.17) is 4.74 Å². The number of ether oxygens (including phenoxy) is 1. The van der Waals surface area contributed by atoms with Crippen LogP contribution in [0.15, 0.2) is 11.6 Å². The lowest BCUT2D eigenvalue weighted by molar-refractivity contribution is -0.151. The van der Waals surface area contributed by atoms with E-state index in [-0.39, 0.29) is 12.1 Å². The van der Waals surface area contributed by atoms with Gasteiger partial charge in [0.25, 0.3) is 0 Å². The number of unbranched alkanes of at least 4 members (excludes halogenated alkanes) is 5. The van der Waals surface area contributed by atoms with E-state index in [0.29, 0.717) is 17.3 Å². The van der Waals surface area contributed by atoms with Gasteiger partial charge in [-0.3, -0.25) is 4.79 Å². The fourth-order valence-electron chi connectivity index (χ4n) is 10.0. The molecule has 2 heteroatoms. The maximum Gasteiger partial charge on any atom is 0.306 e. The fourth-order valence-corrected chi connectivity index (χ4v) is 10.0. The van der Waals surface area contributed by atoms with Crippen LogP contribution in [-0.2, 0) is 9.53 Å². The van der Waals surface area contributed by atoms with Crippen LogP contribution in [0.25, 0.3) is 0 Å². The van der Waals surface area contributed by atoms with Crippen LogP contribution in [0.3, 0.4) is 0 Å². The molecule has 4 aliphatic rings. The van der Waals surface area contributed by atoms with Gasteiger partial charge in [0.2, 0.25) is 0 Å². The quantitative estimate of drug-likeness (QED) is 0.135. The van der Waals surface area contributed by atoms with E-state index < -0.39 is 0 Å². The monoisotopic (exact) mass is 526 g/mol. The highest BCUT2D eigenvalue weighted by Crippen LogP contribution is 2.67. The Morgan fingerprint density at radius 1 is 0.921 bits per heavy atom. The summed E-state index contributed by atoms with van der Waals surface area (Å²) in [6.07, 6.45) is 25.3. The second-order valence-electron chi connectivity index (χ2n) is 15.2. The highest BCUT2D eigenvalue weighted by atomic mass is 16.5. The summed E-state index contributed by atoms with van der Waals surface area (Å²) in [4.78, 5) is 12.6. The van der Waals surface area contributed by atoms with Crippen molar-refractivity contribution in [2.24, 2.45) is 46.3 Å². The predicted octanol–water partition coefficient (Wildman–Crippen LogP) is 10.7. The molecule has 3 unspecified atom stereocenters. The number of carbonyl (C=O) groups is 1. The Labute approximate surface area is 236 Å². The molecule has 0 saturated heterocycles. The minimum Gasteiger partial charge on any atom is -0.462 e. The first-order chi connectivity index (χ1) is 18.2. The van der Waals surface area contributed by atoms with Crippen LogP contribution in [0.1, 0.15) is 157 Å². The second-order valence-corrected chi connectivity index (χ2v) is 15.2. The lowest BCUT2D eigenvalue weighted by Gasteiger charge is -2.58. The number of fused-ring (bicyclic) bond motifs is 5. The average Bonchev–Trinajstić information content (AvgIpc) is 3.23. The first-order valence-corrected chi connectivity index (χ1v) is 17.1. The molecule has 4 rings (SSSR count). The predicted molar refractivity (Wildman–Crippen MR) is 161 cm³/mol. The molecule has 0 aliphatic heterocycles. The van der Waals surface area contributed by atoms with Crippen molar-refractivity contribution in [2.45, 2.75) is 163 Å². The third kappa shape index (κ3) is 6.57. The molecule has 0 spiro atoms. The maximum atomic E-state index is 12.6. The van der Waals surface area contributed by atoms with Gasteiger partial charge in [-0.15, -0.1) is 0 Å². The molecule has 0 aromatic rings. The van der Waals surface area contributed by atoms with Gasteiger partial charge >= 0.3 is 5.97 Å². The molecule has 0 aromatic heterocycles. The summed E-state index contributed by atoms with van der Waals surface area (Å²) in [6.45, 7) is 14.9. The molecule has 0 heterocycles. The summed E-state index contributed by atoms with van der Waals surface area (Å²) in [6, 6.07) is 0. The molecule has 0 bridgehead atoms. The molecule has 0 aromatic carbocycles. The van der Waals surface area contributed by atoms with Crippen molar-refractivity contribution in [3.63, 3.8) is 0 Å². The zero-order chi connectivity index (χ0) is 27.3. The van der Waals surface area contributed by atoms with Gasteiger partial charge in [-0.2, -0.15) is 0 Å². The average molecular weight is 527 g/mol. The molecule has 8 atom stereocenters. The van der Waals surface area contributed by atoms with E-state index in [0.717, 1.165) is 54.8 Å². The zero-order valence-corrected chi connectivity index (χ0v) is 26.2. The van der Waals surface area contributed by atoms with Gasteiger partial charge in [0.1, 0.15) is 6.10 Å². The van der Waals surface area contributed by atoms with Crippen LogP contribution in [0, 0.1) is 46.3 Å². The topological polar surface area (TPSA) is 26.3 Å². The molecule has 0 N–H and O–H groups in total. The van der Waals surface area contributed by atoms with Gasteiger partial charge in [0.15, 0.2) is 0 Å². The number of carbonyl (C=O) groups excluding carboxylic acids is 1. The Morgan fingerprint density at radius 3 is 2.45 bits per heavy atom. The number of hydrogen-bond donors (Lipinski definition) is 0. The molecule has 0 radical (unpaired) electrons. The van der Waals surface area contributed by atoms with Gasteiger partial charge in [0, 0.05) is 12.8 Å². The molecular weight excluding hydrogens is 464 g/mol. The molecule has 3 saturated carbocycles. The third-order valence-corrected chi connectivity index (χ3v) is 12.3. The number of rotatable bonds is 13. The third-order valence-electron chi connectivity index (χ3n) is 12.3. The number of esters is 1. The lowest BCUT2D eigenvalue weighted by Crippen LogP contribution is -2.51. The van der Waals surface area contributed by atoms with Gasteiger partial charge in [-0.25, -0.2) is 0 Å². The van der Waals surface area contributed by atoms with E-state index >= 15 is 0 Å². The van der Waals surface area contributed by atoms with Crippen LogP contribution in [0.2, 0.25) is 0 Å². The Kier molecular flexibility index (Phi) is 10.5. The standard InChI is InChI=1S/C36H62O2/c1-7-8-9-10-11-12-16-34(37)38-29-21-23-35(5)28(25-29)17-18-30-32-20-19-31(27(4)15-13-14-26(2)3)36(32,6)24-22-33(30)35/h17,26-27,29-33H,7-16,18-25H2,1-6H3/t27?,29-,30-,31+,32?,33?,35-,36+/m0/s1. The van der Waals surface area contributed by atoms with Crippen LogP contribution >= 0.6 is 0 Å². The summed E-state index contributed by atoms with van der Waals surface area (Å²) >= 11 is 0. The second kappa shape index (κ2) is 13.2. The van der Waals surface area contributed by atoms with Crippen molar-refractivity contribution >= 4 is 5.97 Å². The summed E-state index contributed by atoms with van der Waals surface area (Å²) in [7, 11) is 0. The minimum atomic E-state index is 0.0522. The Bertz CT molecular complexity index is 797. The van der Waals surface area contributed by atoms with Crippen molar-refractivity contribution in [2.75, 3.05) is 0 Å². The van der Waals surface area contributed by atoms with E-state index in [1.807, 2.05) is 0 Å². The fraction of sp³-hybridized carbons (Fsp3) is 0.917.